The van der Waals surface area contributed by atoms with Gasteiger partial charge in [0.25, 0.3) is 5.91 Å². The van der Waals surface area contributed by atoms with E-state index in [1.54, 1.807) is 56.3 Å². The van der Waals surface area contributed by atoms with Gasteiger partial charge in [0, 0.05) is 32.5 Å². The van der Waals surface area contributed by atoms with Gasteiger partial charge < -0.3 is 34.6 Å². The fourth-order valence-electron chi connectivity index (χ4n) is 7.84. The molecule has 2 aliphatic heterocycles. The van der Waals surface area contributed by atoms with E-state index in [9.17, 15) is 45.2 Å². The van der Waals surface area contributed by atoms with Gasteiger partial charge in [-0.3, -0.25) is 19.1 Å². The van der Waals surface area contributed by atoms with Gasteiger partial charge in [0.2, 0.25) is 39.3 Å². The lowest BCUT2D eigenvalue weighted by molar-refractivity contribution is -0.244. The number of alkyl carbamates (subject to hydrolysis) is 1. The van der Waals surface area contributed by atoms with E-state index in [-0.39, 0.29) is 50.0 Å². The minimum atomic E-state index is -4.94. The summed E-state index contributed by atoms with van der Waals surface area (Å²) in [4.78, 5) is 68.5. The highest BCUT2D eigenvalue weighted by atomic mass is 32.2. The van der Waals surface area contributed by atoms with Gasteiger partial charge in [-0.25, -0.2) is 22.6 Å². The third-order valence-corrected chi connectivity index (χ3v) is 14.2. The Bertz CT molecular complexity index is 2190. The number of carbonyl (C=O) groups is 4. The second-order valence-corrected chi connectivity index (χ2v) is 19.5. The van der Waals surface area contributed by atoms with Crippen molar-refractivity contribution in [1.29, 1.82) is 0 Å². The number of fused-ring (bicyclic) bond motifs is 3. The van der Waals surface area contributed by atoms with Gasteiger partial charge >= 0.3 is 12.3 Å². The summed E-state index contributed by atoms with van der Waals surface area (Å²) in [6.45, 7) is 3.43. The number of anilines is 1. The first-order chi connectivity index (χ1) is 28.5. The fourth-order valence-corrected chi connectivity index (χ4v) is 9.27. The van der Waals surface area contributed by atoms with Crippen LogP contribution in [0, 0.1) is 17.8 Å². The molecule has 61 heavy (non-hydrogen) atoms. The van der Waals surface area contributed by atoms with E-state index in [1.807, 2.05) is 11.6 Å². The molecule has 3 fully saturated rings. The number of carbonyl (C=O) groups excluding carboxylic acids is 4. The van der Waals surface area contributed by atoms with Gasteiger partial charge in [-0.15, -0.1) is 0 Å². The number of halogens is 4. The molecule has 0 bridgehead atoms. The number of nitrogens with zero attached hydrogens (tertiary/aromatic N) is 4. The van der Waals surface area contributed by atoms with Crippen LogP contribution in [-0.2, 0) is 29.1 Å². The highest BCUT2D eigenvalue weighted by Gasteiger charge is 2.64. The summed E-state index contributed by atoms with van der Waals surface area (Å²) in [5.41, 5.74) is -4.24. The Morgan fingerprint density at radius 1 is 1.10 bits per heavy atom. The van der Waals surface area contributed by atoms with E-state index in [0.29, 0.717) is 49.8 Å². The Kier molecular flexibility index (Phi) is 12.5. The van der Waals surface area contributed by atoms with Crippen molar-refractivity contribution in [3.05, 3.63) is 30.4 Å². The largest absolute Gasteiger partial charge is 0.497 e. The third-order valence-electron chi connectivity index (χ3n) is 12.1. The summed E-state index contributed by atoms with van der Waals surface area (Å²) in [6.07, 6.45) is -2.66. The van der Waals surface area contributed by atoms with Crippen molar-refractivity contribution < 1.29 is 59.4 Å². The van der Waals surface area contributed by atoms with Crippen LogP contribution >= 0.6 is 0 Å². The molecule has 4 aliphatic rings. The first-order valence-corrected chi connectivity index (χ1v) is 21.6. The second kappa shape index (κ2) is 16.7. The molecule has 7 atom stereocenters. The number of hydrogen-bond donors (Lipinski definition) is 3. The van der Waals surface area contributed by atoms with Crippen molar-refractivity contribution in [2.45, 2.75) is 113 Å². The van der Waals surface area contributed by atoms with Crippen molar-refractivity contribution in [2.24, 2.45) is 17.8 Å². The molecule has 0 spiro atoms. The number of sulfonamides is 1. The van der Waals surface area contributed by atoms with E-state index in [1.165, 1.54) is 7.11 Å². The molecule has 1 unspecified atom stereocenters. The molecule has 1 aromatic carbocycles. The number of ether oxygens (including phenoxy) is 3. The first kappa shape index (κ1) is 45.6. The molecule has 2 aromatic rings. The van der Waals surface area contributed by atoms with Crippen molar-refractivity contribution in [3.8, 4) is 11.6 Å². The summed E-state index contributed by atoms with van der Waals surface area (Å²) >= 11 is 0. The molecule has 3 heterocycles. The first-order valence-electron chi connectivity index (χ1n) is 20.1. The summed E-state index contributed by atoms with van der Waals surface area (Å²) < 4.78 is 98.6. The van der Waals surface area contributed by atoms with Crippen LogP contribution in [0.25, 0.3) is 10.9 Å². The van der Waals surface area contributed by atoms with Crippen LogP contribution in [0.4, 0.5) is 28.3 Å². The van der Waals surface area contributed by atoms with Crippen molar-refractivity contribution in [2.75, 3.05) is 39.3 Å². The van der Waals surface area contributed by atoms with Crippen LogP contribution in [0.5, 0.6) is 11.6 Å². The molecule has 1 aromatic heterocycles. The minimum Gasteiger partial charge on any atom is -0.497 e. The van der Waals surface area contributed by atoms with E-state index in [4.69, 9.17) is 14.2 Å². The lowest BCUT2D eigenvalue weighted by Gasteiger charge is -2.34. The van der Waals surface area contributed by atoms with Crippen molar-refractivity contribution in [1.82, 2.24) is 30.2 Å². The summed E-state index contributed by atoms with van der Waals surface area (Å²) in [7, 11) is 0.453. The van der Waals surface area contributed by atoms with Crippen molar-refractivity contribution >= 4 is 50.7 Å². The van der Waals surface area contributed by atoms with Crippen LogP contribution in [-0.4, -0.2) is 122 Å². The molecule has 0 radical (unpaired) electrons. The lowest BCUT2D eigenvalue weighted by atomic mass is 9.88. The Hall–Kier alpha value is -4.95. The highest BCUT2D eigenvalue weighted by molar-refractivity contribution is 7.91. The van der Waals surface area contributed by atoms with Gasteiger partial charge in [-0.05, 0) is 76.3 Å². The SMILES string of the molecule is COc1ccc2c(O[C@@H]3C[C@H]4C(=O)N[C@]5(C(=O)NS(=O)(=O)C6(CF)CC6)CC5/C=C\CC[C@H](C)C[C@@H](C)[C@H](NC(=O)OC(C)(C)C(F)(F)F)C(=O)N4C3)nc(N(C)C)nc2c1. The standard InChI is InChI=1S/C40H53F4N7O9S/c1-22-10-8-9-11-24-19-39(24,34(54)49-61(56,57)38(21-41)14-15-38)48-31(52)29-18-26(59-32-27-13-12-25(58-7)17-28(27)45-35(47-32)50(5)6)20-51(29)33(53)30(23(2)16-22)46-36(55)60-37(3,4)40(42,43)44/h9,11-13,17,22-24,26,29-30H,8,10,14-16,18-21H2,1-7H3,(H,46,55)(H,48,52)(H,49,54)/b11-9-/t22-,23+,24?,26+,29-,30-,39+/m0/s1. The Balaban J connectivity index is 1.38. The van der Waals surface area contributed by atoms with Crippen molar-refractivity contribution in [3.63, 3.8) is 0 Å². The number of benzene rings is 1. The van der Waals surface area contributed by atoms with Crippen LogP contribution in [0.15, 0.2) is 30.4 Å². The second-order valence-electron chi connectivity index (χ2n) is 17.5. The van der Waals surface area contributed by atoms with Gasteiger partial charge in [-0.2, -0.15) is 18.2 Å². The molecule has 4 amide bonds. The number of allylic oxidation sites excluding steroid dienone is 1. The maximum absolute atomic E-state index is 14.8. The van der Waals surface area contributed by atoms with Crippen LogP contribution < -0.4 is 29.7 Å². The molecular weight excluding hydrogens is 831 g/mol. The molecule has 21 heteroatoms. The predicted molar refractivity (Wildman–Crippen MR) is 214 cm³/mol. The van der Waals surface area contributed by atoms with Crippen LogP contribution in [0.3, 0.4) is 0 Å². The highest BCUT2D eigenvalue weighted by Crippen LogP contribution is 2.48. The number of methoxy groups -OCH3 is 1. The lowest BCUT2D eigenvalue weighted by Crippen LogP contribution is -2.60. The summed E-state index contributed by atoms with van der Waals surface area (Å²) in [5.74, 6) is -3.31. The van der Waals surface area contributed by atoms with Gasteiger partial charge in [0.15, 0.2) is 0 Å². The van der Waals surface area contributed by atoms with E-state index in [2.05, 4.69) is 20.6 Å². The molecule has 2 aliphatic carbocycles. The molecular formula is C40H53F4N7O9S. The Morgan fingerprint density at radius 3 is 2.43 bits per heavy atom. The monoisotopic (exact) mass is 883 g/mol. The fraction of sp³-hybridized carbons (Fsp3) is 0.650. The number of rotatable bonds is 10. The molecule has 16 nitrogen and oxygen atoms in total. The average molecular weight is 884 g/mol. The summed E-state index contributed by atoms with van der Waals surface area (Å²) in [6, 6.07) is 2.12. The normalized spacial score (nSPS) is 28.5. The Labute approximate surface area is 351 Å². The van der Waals surface area contributed by atoms with E-state index in [0.717, 1.165) is 4.90 Å². The Morgan fingerprint density at radius 2 is 1.80 bits per heavy atom. The zero-order valence-electron chi connectivity index (χ0n) is 35.1. The summed E-state index contributed by atoms with van der Waals surface area (Å²) in [5, 5.41) is 5.55. The smallest absolute Gasteiger partial charge is 0.427 e. The molecule has 6 rings (SSSR count). The van der Waals surface area contributed by atoms with Gasteiger partial charge in [0.1, 0.15) is 40.9 Å². The van der Waals surface area contributed by atoms with Crippen LogP contribution in [0.1, 0.15) is 72.6 Å². The quantitative estimate of drug-likeness (QED) is 0.226. The third kappa shape index (κ3) is 9.30. The van der Waals surface area contributed by atoms with E-state index >= 15 is 0 Å². The zero-order valence-corrected chi connectivity index (χ0v) is 35.9. The predicted octanol–water partition coefficient (Wildman–Crippen LogP) is 4.32. The number of nitrogens with one attached hydrogen (secondary N) is 3. The van der Waals surface area contributed by atoms with E-state index < -0.39 is 92.6 Å². The number of aromatic nitrogens is 2. The van der Waals surface area contributed by atoms with Gasteiger partial charge in [0.05, 0.1) is 24.6 Å². The topological polar surface area (TPSA) is 198 Å². The maximum Gasteiger partial charge on any atom is 0.427 e. The number of alkyl halides is 4. The van der Waals surface area contributed by atoms with Crippen LogP contribution in [0.2, 0.25) is 0 Å². The van der Waals surface area contributed by atoms with Gasteiger partial charge in [-0.1, -0.05) is 26.0 Å². The zero-order chi connectivity index (χ0) is 44.9. The molecule has 1 saturated heterocycles. The molecule has 2 saturated carbocycles. The number of hydrogen-bond acceptors (Lipinski definition) is 12. The number of amides is 4. The molecule has 336 valence electrons. The molecule has 3 N–H and O–H groups in total. The average Bonchev–Trinajstić information content (AvgIpc) is 4.08. The minimum absolute atomic E-state index is 0.00110. The maximum atomic E-state index is 14.8.